The molecule has 0 fully saturated rings. The Labute approximate surface area is 119 Å². The zero-order valence-corrected chi connectivity index (χ0v) is 12.2. The number of benzene rings is 1. The zero-order valence-electron chi connectivity index (χ0n) is 11.4. The van der Waals surface area contributed by atoms with Gasteiger partial charge in [0.1, 0.15) is 0 Å². The Balaban J connectivity index is 1.86. The van der Waals surface area contributed by atoms with Gasteiger partial charge in [-0.05, 0) is 43.4 Å². The van der Waals surface area contributed by atoms with E-state index >= 15 is 0 Å². The molecule has 2 rings (SSSR count). The Morgan fingerprint density at radius 1 is 1.11 bits per heavy atom. The maximum absolute atomic E-state index is 5.68. The van der Waals surface area contributed by atoms with Gasteiger partial charge in [0.2, 0.25) is 0 Å². The molecule has 3 heteroatoms. The fraction of sp³-hybridized carbons (Fsp3) is 0.375. The topological polar surface area (TPSA) is 38.0 Å². The minimum atomic E-state index is 0.351. The average molecular weight is 274 g/mol. The van der Waals surface area contributed by atoms with Crippen LogP contribution in [-0.4, -0.2) is 6.04 Å². The zero-order chi connectivity index (χ0) is 13.5. The molecule has 0 bridgehead atoms. The van der Waals surface area contributed by atoms with Crippen molar-refractivity contribution in [1.29, 1.82) is 0 Å². The SMILES string of the molecule is CCc1ccc(CC(CCc2ccccc2)NN)s1. The number of thiophene rings is 1. The first-order valence-electron chi connectivity index (χ1n) is 6.89. The van der Waals surface area contributed by atoms with Gasteiger partial charge in [-0.15, -0.1) is 11.3 Å². The molecule has 19 heavy (non-hydrogen) atoms. The summed E-state index contributed by atoms with van der Waals surface area (Å²) in [7, 11) is 0. The molecule has 0 aliphatic heterocycles. The van der Waals surface area contributed by atoms with Gasteiger partial charge >= 0.3 is 0 Å². The lowest BCUT2D eigenvalue weighted by Crippen LogP contribution is -2.36. The summed E-state index contributed by atoms with van der Waals surface area (Å²) in [5.74, 6) is 5.68. The average Bonchev–Trinajstić information content (AvgIpc) is 2.92. The molecule has 0 saturated carbocycles. The maximum atomic E-state index is 5.68. The van der Waals surface area contributed by atoms with E-state index in [0.717, 1.165) is 25.7 Å². The maximum Gasteiger partial charge on any atom is 0.0261 e. The minimum absolute atomic E-state index is 0.351. The van der Waals surface area contributed by atoms with Gasteiger partial charge in [0.05, 0.1) is 0 Å². The highest BCUT2D eigenvalue weighted by Gasteiger charge is 2.09. The molecule has 1 aromatic heterocycles. The van der Waals surface area contributed by atoms with E-state index in [0.29, 0.717) is 6.04 Å². The second-order valence-corrected chi connectivity index (χ2v) is 6.07. The van der Waals surface area contributed by atoms with E-state index in [2.05, 4.69) is 54.8 Å². The van der Waals surface area contributed by atoms with Crippen LogP contribution in [0.3, 0.4) is 0 Å². The molecule has 0 amide bonds. The monoisotopic (exact) mass is 274 g/mol. The number of nitrogens with two attached hydrogens (primary N) is 1. The Morgan fingerprint density at radius 2 is 1.84 bits per heavy atom. The fourth-order valence-corrected chi connectivity index (χ4v) is 3.23. The highest BCUT2D eigenvalue weighted by atomic mass is 32.1. The molecule has 1 heterocycles. The van der Waals surface area contributed by atoms with Gasteiger partial charge in [-0.1, -0.05) is 37.3 Å². The largest absolute Gasteiger partial charge is 0.271 e. The molecule has 0 saturated heterocycles. The molecule has 0 radical (unpaired) electrons. The summed E-state index contributed by atoms with van der Waals surface area (Å²) in [6.07, 6.45) is 4.28. The summed E-state index contributed by atoms with van der Waals surface area (Å²) < 4.78 is 0. The lowest BCUT2D eigenvalue weighted by Gasteiger charge is -2.14. The molecule has 102 valence electrons. The summed E-state index contributed by atoms with van der Waals surface area (Å²) >= 11 is 1.90. The first kappa shape index (κ1) is 14.3. The van der Waals surface area contributed by atoms with Crippen LogP contribution in [0.1, 0.15) is 28.7 Å². The predicted octanol–water partition coefficient (Wildman–Crippen LogP) is 3.32. The first-order valence-corrected chi connectivity index (χ1v) is 7.71. The number of nitrogens with one attached hydrogen (secondary N) is 1. The van der Waals surface area contributed by atoms with Gasteiger partial charge in [0.25, 0.3) is 0 Å². The number of hydrogen-bond acceptors (Lipinski definition) is 3. The molecule has 2 aromatic rings. The van der Waals surface area contributed by atoms with Crippen molar-refractivity contribution in [3.05, 3.63) is 57.8 Å². The molecule has 2 nitrogen and oxygen atoms in total. The van der Waals surface area contributed by atoms with Crippen LogP contribution in [0.5, 0.6) is 0 Å². The van der Waals surface area contributed by atoms with Crippen LogP contribution in [0, 0.1) is 0 Å². The van der Waals surface area contributed by atoms with E-state index in [1.54, 1.807) is 0 Å². The highest BCUT2D eigenvalue weighted by Crippen LogP contribution is 2.19. The molecule has 0 spiro atoms. The van der Waals surface area contributed by atoms with Crippen molar-refractivity contribution in [2.75, 3.05) is 0 Å². The van der Waals surface area contributed by atoms with Gasteiger partial charge in [0.15, 0.2) is 0 Å². The molecular formula is C16H22N2S. The minimum Gasteiger partial charge on any atom is -0.271 e. The van der Waals surface area contributed by atoms with E-state index in [9.17, 15) is 0 Å². The van der Waals surface area contributed by atoms with Gasteiger partial charge < -0.3 is 0 Å². The van der Waals surface area contributed by atoms with Crippen molar-refractivity contribution in [3.63, 3.8) is 0 Å². The van der Waals surface area contributed by atoms with Crippen molar-refractivity contribution < 1.29 is 0 Å². The van der Waals surface area contributed by atoms with Gasteiger partial charge in [-0.25, -0.2) is 0 Å². The number of hydrogen-bond donors (Lipinski definition) is 2. The molecule has 0 aliphatic carbocycles. The summed E-state index contributed by atoms with van der Waals surface area (Å²) in [5.41, 5.74) is 4.33. The van der Waals surface area contributed by atoms with Crippen molar-refractivity contribution in [2.45, 2.75) is 38.6 Å². The molecule has 1 aromatic carbocycles. The van der Waals surface area contributed by atoms with Crippen LogP contribution in [0.4, 0.5) is 0 Å². The van der Waals surface area contributed by atoms with Crippen LogP contribution in [-0.2, 0) is 19.3 Å². The highest BCUT2D eigenvalue weighted by molar-refractivity contribution is 7.11. The third-order valence-corrected chi connectivity index (χ3v) is 4.63. The van der Waals surface area contributed by atoms with Gasteiger partial charge in [-0.2, -0.15) is 0 Å². The second-order valence-electron chi connectivity index (χ2n) is 4.81. The summed E-state index contributed by atoms with van der Waals surface area (Å²) in [5, 5.41) is 0. The summed E-state index contributed by atoms with van der Waals surface area (Å²) in [6.45, 7) is 2.20. The standard InChI is InChI=1S/C16H22N2S/c1-2-15-10-11-16(19-15)12-14(18-17)9-8-13-6-4-3-5-7-13/h3-7,10-11,14,18H,2,8-9,12,17H2,1H3. The Hall–Kier alpha value is -1.16. The van der Waals surface area contributed by atoms with Crippen molar-refractivity contribution in [2.24, 2.45) is 5.84 Å². The quantitative estimate of drug-likeness (QED) is 0.600. The van der Waals surface area contributed by atoms with Gasteiger partial charge in [0, 0.05) is 15.8 Å². The summed E-state index contributed by atoms with van der Waals surface area (Å²) in [4.78, 5) is 2.88. The number of hydrazine groups is 1. The second kappa shape index (κ2) is 7.43. The molecule has 3 N–H and O–H groups in total. The van der Waals surface area contributed by atoms with E-state index in [4.69, 9.17) is 5.84 Å². The third kappa shape index (κ3) is 4.46. The number of aryl methyl sites for hydroxylation is 2. The van der Waals surface area contributed by atoms with Crippen LogP contribution in [0.25, 0.3) is 0 Å². The van der Waals surface area contributed by atoms with E-state index in [1.165, 1.54) is 15.3 Å². The van der Waals surface area contributed by atoms with Crippen molar-refractivity contribution >= 4 is 11.3 Å². The van der Waals surface area contributed by atoms with E-state index in [1.807, 2.05) is 11.3 Å². The van der Waals surface area contributed by atoms with E-state index < -0.39 is 0 Å². The Bertz CT molecular complexity index is 479. The predicted molar refractivity (Wildman–Crippen MR) is 83.3 cm³/mol. The lowest BCUT2D eigenvalue weighted by molar-refractivity contribution is 0.494. The molecule has 1 unspecified atom stereocenters. The Morgan fingerprint density at radius 3 is 2.47 bits per heavy atom. The van der Waals surface area contributed by atoms with E-state index in [-0.39, 0.29) is 0 Å². The fourth-order valence-electron chi connectivity index (χ4n) is 2.19. The van der Waals surface area contributed by atoms with Crippen LogP contribution >= 0.6 is 11.3 Å². The first-order chi connectivity index (χ1) is 9.31. The molecular weight excluding hydrogens is 252 g/mol. The van der Waals surface area contributed by atoms with Crippen LogP contribution < -0.4 is 11.3 Å². The third-order valence-electron chi connectivity index (χ3n) is 3.37. The lowest BCUT2D eigenvalue weighted by atomic mass is 10.0. The van der Waals surface area contributed by atoms with Gasteiger partial charge in [-0.3, -0.25) is 11.3 Å². The van der Waals surface area contributed by atoms with Crippen molar-refractivity contribution in [3.8, 4) is 0 Å². The molecule has 0 aliphatic rings. The smallest absolute Gasteiger partial charge is 0.0261 e. The Kier molecular flexibility index (Phi) is 5.58. The number of rotatable bonds is 7. The summed E-state index contributed by atoms with van der Waals surface area (Å²) in [6, 6.07) is 15.4. The van der Waals surface area contributed by atoms with Crippen LogP contribution in [0.2, 0.25) is 0 Å². The van der Waals surface area contributed by atoms with Crippen LogP contribution in [0.15, 0.2) is 42.5 Å². The normalized spacial score (nSPS) is 12.5. The molecule has 1 atom stereocenters. The van der Waals surface area contributed by atoms with Crippen molar-refractivity contribution in [1.82, 2.24) is 5.43 Å².